The number of aryl methyl sites for hydroxylation is 1. The number of rotatable bonds is 3. The van der Waals surface area contributed by atoms with Crippen LogP contribution in [-0.2, 0) is 6.42 Å². The fourth-order valence-electron chi connectivity index (χ4n) is 2.41. The molecule has 0 N–H and O–H groups in total. The highest BCUT2D eigenvalue weighted by Gasteiger charge is 2.24. The number of nitrogens with zero attached hydrogens (tertiary/aromatic N) is 2. The first-order valence-corrected chi connectivity index (χ1v) is 7.42. The van der Waals surface area contributed by atoms with Crippen LogP contribution in [0.4, 0.5) is 10.8 Å². The number of carbonyl (C=O) groups excluding carboxylic acids is 1. The molecule has 4 nitrogen and oxygen atoms in total. The van der Waals surface area contributed by atoms with Crippen LogP contribution in [0, 0.1) is 0 Å². The molecular formula is C15H16N2O2S. The van der Waals surface area contributed by atoms with Gasteiger partial charge in [0.05, 0.1) is 23.4 Å². The minimum Gasteiger partial charge on any atom is -0.495 e. The van der Waals surface area contributed by atoms with E-state index in [0.29, 0.717) is 6.42 Å². The van der Waals surface area contributed by atoms with E-state index >= 15 is 0 Å². The van der Waals surface area contributed by atoms with Gasteiger partial charge in [-0.25, -0.2) is 4.98 Å². The highest BCUT2D eigenvalue weighted by Crippen LogP contribution is 2.37. The number of ketones is 1. The Balaban J connectivity index is 1.99. The first-order valence-electron chi connectivity index (χ1n) is 6.60. The molecule has 2 aromatic rings. The third-order valence-corrected chi connectivity index (χ3v) is 4.71. The number of methoxy groups -OCH3 is 1. The molecule has 0 radical (unpaired) electrons. The van der Waals surface area contributed by atoms with Crippen molar-refractivity contribution in [1.29, 1.82) is 0 Å². The van der Waals surface area contributed by atoms with E-state index in [1.54, 1.807) is 7.11 Å². The molecular weight excluding hydrogens is 272 g/mol. The summed E-state index contributed by atoms with van der Waals surface area (Å²) in [7, 11) is 3.61. The summed E-state index contributed by atoms with van der Waals surface area (Å²) >= 11 is 1.48. The topological polar surface area (TPSA) is 42.4 Å². The standard InChI is InChI=1S/C15H16N2O2S/c1-17(11-7-3-4-9-13(11)19-2)15-16-10-6-5-8-12(18)14(10)20-15/h3-4,7,9H,5-6,8H2,1-2H3. The van der Waals surface area contributed by atoms with Gasteiger partial charge in [0, 0.05) is 13.5 Å². The van der Waals surface area contributed by atoms with Crippen LogP contribution in [-0.4, -0.2) is 24.9 Å². The molecule has 1 heterocycles. The second-order valence-corrected chi connectivity index (χ2v) is 5.76. The summed E-state index contributed by atoms with van der Waals surface area (Å²) in [6.07, 6.45) is 2.46. The van der Waals surface area contributed by atoms with Gasteiger partial charge in [0.15, 0.2) is 10.9 Å². The van der Waals surface area contributed by atoms with Crippen LogP contribution in [0.3, 0.4) is 0 Å². The largest absolute Gasteiger partial charge is 0.495 e. The van der Waals surface area contributed by atoms with Gasteiger partial charge < -0.3 is 9.64 Å². The Morgan fingerprint density at radius 3 is 2.85 bits per heavy atom. The maximum Gasteiger partial charge on any atom is 0.190 e. The van der Waals surface area contributed by atoms with Crippen molar-refractivity contribution < 1.29 is 9.53 Å². The third kappa shape index (κ3) is 2.18. The number of carbonyl (C=O) groups is 1. The molecule has 5 heteroatoms. The van der Waals surface area contributed by atoms with Gasteiger partial charge in [-0.05, 0) is 25.0 Å². The average Bonchev–Trinajstić information content (AvgIpc) is 2.92. The summed E-state index contributed by atoms with van der Waals surface area (Å²) < 4.78 is 5.38. The van der Waals surface area contributed by atoms with Crippen LogP contribution in [0.1, 0.15) is 28.2 Å². The van der Waals surface area contributed by atoms with Crippen molar-refractivity contribution in [2.45, 2.75) is 19.3 Å². The van der Waals surface area contributed by atoms with E-state index in [1.165, 1.54) is 11.3 Å². The van der Waals surface area contributed by atoms with E-state index in [2.05, 4.69) is 4.98 Å². The monoisotopic (exact) mass is 288 g/mol. The molecule has 0 amide bonds. The number of aromatic nitrogens is 1. The number of hydrogen-bond acceptors (Lipinski definition) is 5. The quantitative estimate of drug-likeness (QED) is 0.867. The average molecular weight is 288 g/mol. The van der Waals surface area contributed by atoms with Gasteiger partial charge in [-0.15, -0.1) is 0 Å². The van der Waals surface area contributed by atoms with E-state index in [4.69, 9.17) is 4.74 Å². The molecule has 104 valence electrons. The molecule has 1 aliphatic carbocycles. The zero-order chi connectivity index (χ0) is 14.1. The molecule has 3 rings (SSSR count). The lowest BCUT2D eigenvalue weighted by Gasteiger charge is -2.18. The predicted molar refractivity (Wildman–Crippen MR) is 80.4 cm³/mol. The van der Waals surface area contributed by atoms with Gasteiger partial charge in [0.1, 0.15) is 5.75 Å². The van der Waals surface area contributed by atoms with Gasteiger partial charge in [0.25, 0.3) is 0 Å². The minimum absolute atomic E-state index is 0.225. The molecule has 1 aromatic heterocycles. The van der Waals surface area contributed by atoms with Crippen molar-refractivity contribution in [3.8, 4) is 5.75 Å². The summed E-state index contributed by atoms with van der Waals surface area (Å²) in [5.41, 5.74) is 1.90. The number of Topliss-reactive ketones (excluding diaryl/α,β-unsaturated/α-hetero) is 1. The minimum atomic E-state index is 0.225. The number of ether oxygens (including phenoxy) is 1. The highest BCUT2D eigenvalue weighted by molar-refractivity contribution is 7.17. The number of hydrogen-bond donors (Lipinski definition) is 0. The van der Waals surface area contributed by atoms with Crippen LogP contribution in [0.2, 0.25) is 0 Å². The van der Waals surface area contributed by atoms with Crippen molar-refractivity contribution in [1.82, 2.24) is 4.98 Å². The van der Waals surface area contributed by atoms with Crippen LogP contribution in [0.25, 0.3) is 0 Å². The molecule has 0 spiro atoms. The molecule has 0 fully saturated rings. The van der Waals surface area contributed by atoms with Gasteiger partial charge in [-0.3, -0.25) is 4.79 Å². The van der Waals surface area contributed by atoms with Crippen LogP contribution < -0.4 is 9.64 Å². The zero-order valence-corrected chi connectivity index (χ0v) is 12.4. The van der Waals surface area contributed by atoms with E-state index in [1.807, 2.05) is 36.2 Å². The van der Waals surface area contributed by atoms with Crippen molar-refractivity contribution in [2.24, 2.45) is 0 Å². The number of para-hydroxylation sites is 2. The number of fused-ring (bicyclic) bond motifs is 1. The Kier molecular flexibility index (Phi) is 3.44. The molecule has 0 unspecified atom stereocenters. The maximum atomic E-state index is 11.9. The van der Waals surface area contributed by atoms with Crippen LogP contribution in [0.5, 0.6) is 5.75 Å². The van der Waals surface area contributed by atoms with Crippen LogP contribution >= 0.6 is 11.3 Å². The smallest absolute Gasteiger partial charge is 0.190 e. The van der Waals surface area contributed by atoms with Gasteiger partial charge >= 0.3 is 0 Å². The summed E-state index contributed by atoms with van der Waals surface area (Å²) in [4.78, 5) is 19.3. The van der Waals surface area contributed by atoms with E-state index in [0.717, 1.165) is 40.0 Å². The van der Waals surface area contributed by atoms with E-state index in [9.17, 15) is 4.79 Å². The summed E-state index contributed by atoms with van der Waals surface area (Å²) in [6, 6.07) is 7.81. The molecule has 1 aromatic carbocycles. The summed E-state index contributed by atoms with van der Waals surface area (Å²) in [5.74, 6) is 1.03. The van der Waals surface area contributed by atoms with Crippen molar-refractivity contribution >= 4 is 27.9 Å². The Morgan fingerprint density at radius 1 is 1.30 bits per heavy atom. The molecule has 0 aliphatic heterocycles. The second-order valence-electron chi connectivity index (χ2n) is 4.78. The van der Waals surface area contributed by atoms with Gasteiger partial charge in [0.2, 0.25) is 0 Å². The predicted octanol–water partition coefficient (Wildman–Crippen LogP) is 3.44. The van der Waals surface area contributed by atoms with Gasteiger partial charge in [-0.2, -0.15) is 0 Å². The fraction of sp³-hybridized carbons (Fsp3) is 0.333. The van der Waals surface area contributed by atoms with Crippen molar-refractivity contribution in [2.75, 3.05) is 19.1 Å². The first kappa shape index (κ1) is 13.1. The SMILES string of the molecule is COc1ccccc1N(C)c1nc2c(s1)C(=O)CCC2. The van der Waals surface area contributed by atoms with Gasteiger partial charge in [-0.1, -0.05) is 23.5 Å². The van der Waals surface area contributed by atoms with Crippen molar-refractivity contribution in [3.05, 3.63) is 34.8 Å². The van der Waals surface area contributed by atoms with Crippen molar-refractivity contribution in [3.63, 3.8) is 0 Å². The number of anilines is 2. The lowest BCUT2D eigenvalue weighted by atomic mass is 10.0. The lowest BCUT2D eigenvalue weighted by molar-refractivity contribution is 0.0976. The number of thiazole rings is 1. The molecule has 20 heavy (non-hydrogen) atoms. The Hall–Kier alpha value is -1.88. The third-order valence-electron chi connectivity index (χ3n) is 3.49. The summed E-state index contributed by atoms with van der Waals surface area (Å²) in [5, 5.41) is 0.842. The molecule has 0 saturated carbocycles. The molecule has 0 saturated heterocycles. The zero-order valence-electron chi connectivity index (χ0n) is 11.5. The Labute approximate surface area is 122 Å². The normalized spacial score (nSPS) is 14.0. The molecule has 0 atom stereocenters. The Morgan fingerprint density at radius 2 is 2.10 bits per heavy atom. The van der Waals surface area contributed by atoms with E-state index in [-0.39, 0.29) is 5.78 Å². The number of benzene rings is 1. The Bertz CT molecular complexity index is 651. The maximum absolute atomic E-state index is 11.9. The molecule has 0 bridgehead atoms. The summed E-state index contributed by atoms with van der Waals surface area (Å²) in [6.45, 7) is 0. The molecule has 1 aliphatic rings. The fourth-order valence-corrected chi connectivity index (χ4v) is 3.46. The highest BCUT2D eigenvalue weighted by atomic mass is 32.1. The first-order chi connectivity index (χ1) is 9.70. The second kappa shape index (κ2) is 5.25. The lowest BCUT2D eigenvalue weighted by Crippen LogP contribution is -2.10. The van der Waals surface area contributed by atoms with Crippen LogP contribution in [0.15, 0.2) is 24.3 Å². The van der Waals surface area contributed by atoms with E-state index < -0.39 is 0 Å².